The Balaban J connectivity index is 1.89. The Morgan fingerprint density at radius 3 is 2.84 bits per heavy atom. The van der Waals surface area contributed by atoms with Crippen LogP contribution in [0.2, 0.25) is 0 Å². The molecule has 1 aromatic carbocycles. The molecule has 134 valence electrons. The number of benzene rings is 1. The van der Waals surface area contributed by atoms with Gasteiger partial charge in [0.25, 0.3) is 5.91 Å². The number of rotatable bonds is 4. The molecule has 6 heteroatoms. The van der Waals surface area contributed by atoms with Gasteiger partial charge in [0.05, 0.1) is 23.9 Å². The number of ether oxygens (including phenoxy) is 2. The zero-order chi connectivity index (χ0) is 18.0. The van der Waals surface area contributed by atoms with Crippen LogP contribution in [0.4, 0.5) is 4.39 Å². The molecule has 1 N–H and O–H groups in total. The Kier molecular flexibility index (Phi) is 4.92. The van der Waals surface area contributed by atoms with Crippen LogP contribution in [-0.2, 0) is 9.47 Å². The quantitative estimate of drug-likeness (QED) is 0.926. The zero-order valence-electron chi connectivity index (χ0n) is 14.7. The molecule has 1 aliphatic heterocycles. The molecule has 1 aromatic heterocycles. The van der Waals surface area contributed by atoms with Crippen LogP contribution < -0.4 is 0 Å². The first kappa shape index (κ1) is 17.6. The topological polar surface area (TPSA) is 54.6 Å². The third kappa shape index (κ3) is 3.75. The van der Waals surface area contributed by atoms with Crippen molar-refractivity contribution in [1.82, 2.24) is 9.88 Å². The number of morpholine rings is 1. The van der Waals surface area contributed by atoms with E-state index in [9.17, 15) is 9.18 Å². The van der Waals surface area contributed by atoms with Crippen molar-refractivity contribution in [3.8, 4) is 11.1 Å². The summed E-state index contributed by atoms with van der Waals surface area (Å²) in [5, 5.41) is 0. The molecular weight excluding hydrogens is 323 g/mol. The zero-order valence-corrected chi connectivity index (χ0v) is 14.7. The summed E-state index contributed by atoms with van der Waals surface area (Å²) in [5.74, 6) is -0.493. The second-order valence-electron chi connectivity index (χ2n) is 6.90. The highest BCUT2D eigenvalue weighted by Gasteiger charge is 2.36. The minimum absolute atomic E-state index is 0.142. The number of aromatic amines is 1. The number of methoxy groups -OCH3 is 1. The normalized spacial score (nSPS) is 19.8. The van der Waals surface area contributed by atoms with Gasteiger partial charge in [0.15, 0.2) is 0 Å². The van der Waals surface area contributed by atoms with E-state index in [4.69, 9.17) is 9.47 Å². The largest absolute Gasteiger partial charge is 0.382 e. The van der Waals surface area contributed by atoms with Gasteiger partial charge in [0, 0.05) is 43.7 Å². The second-order valence-corrected chi connectivity index (χ2v) is 6.90. The summed E-state index contributed by atoms with van der Waals surface area (Å²) in [5.41, 5.74) is 0.966. The number of hydrogen-bond donors (Lipinski definition) is 1. The first-order valence-electron chi connectivity index (χ1n) is 8.29. The van der Waals surface area contributed by atoms with Crippen LogP contribution >= 0.6 is 0 Å². The molecule has 1 atom stereocenters. The molecule has 1 aliphatic rings. The van der Waals surface area contributed by atoms with E-state index in [1.165, 1.54) is 6.07 Å². The van der Waals surface area contributed by atoms with Crippen molar-refractivity contribution in [2.75, 3.05) is 26.8 Å². The molecule has 2 heterocycles. The molecule has 25 heavy (non-hydrogen) atoms. The maximum atomic E-state index is 14.1. The molecule has 1 amide bonds. The van der Waals surface area contributed by atoms with E-state index in [1.807, 2.05) is 13.8 Å². The van der Waals surface area contributed by atoms with E-state index in [2.05, 4.69) is 4.98 Å². The number of H-pyrrole nitrogens is 1. The average molecular weight is 346 g/mol. The molecule has 3 rings (SSSR count). The van der Waals surface area contributed by atoms with Gasteiger partial charge in [0.2, 0.25) is 0 Å². The first-order chi connectivity index (χ1) is 11.9. The predicted octanol–water partition coefficient (Wildman–Crippen LogP) is 3.09. The number of nitrogens with one attached hydrogen (secondary N) is 1. The number of amides is 1. The third-order valence-electron chi connectivity index (χ3n) is 4.26. The Bertz CT molecular complexity index is 757. The summed E-state index contributed by atoms with van der Waals surface area (Å²) >= 11 is 0. The average Bonchev–Trinajstić information content (AvgIpc) is 3.02. The van der Waals surface area contributed by atoms with Crippen LogP contribution in [-0.4, -0.2) is 54.3 Å². The van der Waals surface area contributed by atoms with Crippen molar-refractivity contribution in [3.05, 3.63) is 48.0 Å². The van der Waals surface area contributed by atoms with E-state index in [0.717, 1.165) is 0 Å². The fourth-order valence-corrected chi connectivity index (χ4v) is 3.34. The molecule has 0 aliphatic carbocycles. The van der Waals surface area contributed by atoms with Gasteiger partial charge < -0.3 is 19.4 Å². The van der Waals surface area contributed by atoms with Crippen molar-refractivity contribution in [3.63, 3.8) is 0 Å². The van der Waals surface area contributed by atoms with Gasteiger partial charge in [-0.3, -0.25) is 4.79 Å². The van der Waals surface area contributed by atoms with Crippen molar-refractivity contribution in [2.24, 2.45) is 0 Å². The minimum Gasteiger partial charge on any atom is -0.382 e. The van der Waals surface area contributed by atoms with Gasteiger partial charge in [-0.05, 0) is 19.9 Å². The lowest BCUT2D eigenvalue weighted by molar-refractivity contribution is -0.143. The lowest BCUT2D eigenvalue weighted by atomic mass is 10.0. The third-order valence-corrected chi connectivity index (χ3v) is 4.26. The predicted molar refractivity (Wildman–Crippen MR) is 92.9 cm³/mol. The summed E-state index contributed by atoms with van der Waals surface area (Å²) < 4.78 is 25.3. The molecule has 0 saturated carbocycles. The lowest BCUT2D eigenvalue weighted by Gasteiger charge is -2.42. The summed E-state index contributed by atoms with van der Waals surface area (Å²) in [6, 6.07) is 6.45. The van der Waals surface area contributed by atoms with E-state index < -0.39 is 5.60 Å². The molecule has 1 unspecified atom stereocenters. The molecule has 5 nitrogen and oxygen atoms in total. The lowest BCUT2D eigenvalue weighted by Crippen LogP contribution is -2.55. The fraction of sp³-hybridized carbons (Fsp3) is 0.421. The van der Waals surface area contributed by atoms with Crippen LogP contribution in [0.1, 0.15) is 24.2 Å². The first-order valence-corrected chi connectivity index (χ1v) is 8.29. The number of carbonyl (C=O) groups is 1. The Morgan fingerprint density at radius 2 is 2.12 bits per heavy atom. The fourth-order valence-electron chi connectivity index (χ4n) is 3.34. The minimum atomic E-state index is -0.467. The van der Waals surface area contributed by atoms with E-state index in [0.29, 0.717) is 36.4 Å². The molecule has 1 saturated heterocycles. The van der Waals surface area contributed by atoms with Gasteiger partial charge in [0.1, 0.15) is 5.82 Å². The molecule has 1 fully saturated rings. The van der Waals surface area contributed by atoms with Gasteiger partial charge in [-0.25, -0.2) is 4.39 Å². The van der Waals surface area contributed by atoms with Crippen LogP contribution in [0.25, 0.3) is 11.1 Å². The highest BCUT2D eigenvalue weighted by Crippen LogP contribution is 2.29. The van der Waals surface area contributed by atoms with Crippen molar-refractivity contribution in [1.29, 1.82) is 0 Å². The van der Waals surface area contributed by atoms with Crippen LogP contribution in [0.15, 0.2) is 36.7 Å². The summed E-state index contributed by atoms with van der Waals surface area (Å²) in [7, 11) is 1.61. The molecule has 2 aromatic rings. The number of aromatic nitrogens is 1. The SMILES string of the molecule is COCC1CN(C(=O)c2c[nH]cc2-c2ccccc2F)CC(C)(C)O1. The second kappa shape index (κ2) is 6.98. The number of carbonyl (C=O) groups excluding carboxylic acids is 1. The summed E-state index contributed by atoms with van der Waals surface area (Å²) in [6.07, 6.45) is 3.09. The van der Waals surface area contributed by atoms with Crippen LogP contribution in [0.3, 0.4) is 0 Å². The van der Waals surface area contributed by atoms with Gasteiger partial charge in [-0.15, -0.1) is 0 Å². The highest BCUT2D eigenvalue weighted by molar-refractivity contribution is 6.01. The van der Waals surface area contributed by atoms with Gasteiger partial charge >= 0.3 is 0 Å². The van der Waals surface area contributed by atoms with Gasteiger partial charge in [-0.2, -0.15) is 0 Å². The van der Waals surface area contributed by atoms with Crippen molar-refractivity contribution in [2.45, 2.75) is 25.6 Å². The van der Waals surface area contributed by atoms with Crippen LogP contribution in [0, 0.1) is 5.82 Å². The highest BCUT2D eigenvalue weighted by atomic mass is 19.1. The summed E-state index contributed by atoms with van der Waals surface area (Å²) in [6.45, 7) is 5.22. The standard InChI is InChI=1S/C19H23FN2O3/c1-19(2)12-22(10-13(25-19)11-24-3)18(23)16-9-21-8-15(16)14-6-4-5-7-17(14)20/h4-9,13,21H,10-12H2,1-3H3. The molecule has 0 spiro atoms. The smallest absolute Gasteiger partial charge is 0.256 e. The van der Waals surface area contributed by atoms with Crippen LogP contribution in [0.5, 0.6) is 0 Å². The monoisotopic (exact) mass is 346 g/mol. The van der Waals surface area contributed by atoms with E-state index >= 15 is 0 Å². The Hall–Kier alpha value is -2.18. The molecule has 0 bridgehead atoms. The molecule has 0 radical (unpaired) electrons. The molecular formula is C19H23FN2O3. The number of hydrogen-bond acceptors (Lipinski definition) is 3. The maximum absolute atomic E-state index is 14.1. The van der Waals surface area contributed by atoms with E-state index in [-0.39, 0.29) is 17.8 Å². The van der Waals surface area contributed by atoms with Gasteiger partial charge in [-0.1, -0.05) is 18.2 Å². The number of halogens is 1. The van der Waals surface area contributed by atoms with Crippen molar-refractivity contribution < 1.29 is 18.7 Å². The van der Waals surface area contributed by atoms with Crippen molar-refractivity contribution >= 4 is 5.91 Å². The number of nitrogens with zero attached hydrogens (tertiary/aromatic N) is 1. The Morgan fingerprint density at radius 1 is 1.36 bits per heavy atom. The maximum Gasteiger partial charge on any atom is 0.256 e. The summed E-state index contributed by atoms with van der Waals surface area (Å²) in [4.78, 5) is 17.8. The van der Waals surface area contributed by atoms with E-state index in [1.54, 1.807) is 42.6 Å². The Labute approximate surface area is 146 Å².